The molecule has 1 aliphatic rings. The zero-order chi connectivity index (χ0) is 23.0. The third-order valence-corrected chi connectivity index (χ3v) is 6.92. The Bertz CT molecular complexity index is 1430. The number of hydrogen-bond acceptors (Lipinski definition) is 5. The topological polar surface area (TPSA) is 88.9 Å². The van der Waals surface area contributed by atoms with E-state index in [1.807, 2.05) is 61.5 Å². The molecule has 7 nitrogen and oxygen atoms in total. The van der Waals surface area contributed by atoms with Gasteiger partial charge in [0.1, 0.15) is 6.04 Å². The molecule has 9 heteroatoms. The summed E-state index contributed by atoms with van der Waals surface area (Å²) in [5.41, 5.74) is 4.02. The Balaban J connectivity index is 1.53. The van der Waals surface area contributed by atoms with Crippen molar-refractivity contribution in [2.24, 2.45) is 0 Å². The maximum absolute atomic E-state index is 12.8. The standard InChI is InChI=1S/C24H20ClN5O2S/c1-16-7-9-18(10-8-16)22-15-21(17-5-3-2-4-6-17)26-24-27-23(28-30(22)24)29-33(31,32)20-13-11-19(25)12-14-20/h2-15,22H,1H3,(H2,26,27,28,29)/t22-/m1/s1. The fourth-order valence-electron chi connectivity index (χ4n) is 3.62. The summed E-state index contributed by atoms with van der Waals surface area (Å²) in [4.78, 5) is 4.51. The molecule has 0 unspecified atom stereocenters. The Morgan fingerprint density at radius 2 is 1.67 bits per heavy atom. The van der Waals surface area contributed by atoms with Crippen LogP contribution in [0.4, 0.5) is 11.9 Å². The third-order valence-electron chi connectivity index (χ3n) is 5.32. The third kappa shape index (κ3) is 4.35. The van der Waals surface area contributed by atoms with E-state index in [0.717, 1.165) is 22.4 Å². The Morgan fingerprint density at radius 3 is 2.36 bits per heavy atom. The van der Waals surface area contributed by atoms with Gasteiger partial charge in [0, 0.05) is 10.7 Å². The molecule has 2 N–H and O–H groups in total. The van der Waals surface area contributed by atoms with E-state index in [1.165, 1.54) is 24.3 Å². The number of benzene rings is 3. The van der Waals surface area contributed by atoms with Crippen LogP contribution in [-0.2, 0) is 10.0 Å². The molecule has 0 spiro atoms. The second-order valence-electron chi connectivity index (χ2n) is 7.69. The van der Waals surface area contributed by atoms with Gasteiger partial charge in [-0.3, -0.25) is 0 Å². The molecule has 0 bridgehead atoms. The van der Waals surface area contributed by atoms with E-state index in [0.29, 0.717) is 11.0 Å². The molecular formula is C24H20ClN5O2S. The largest absolute Gasteiger partial charge is 0.324 e. The van der Waals surface area contributed by atoms with Crippen LogP contribution in [0.2, 0.25) is 5.02 Å². The SMILES string of the molecule is Cc1ccc([C@H]2C=C(c3ccccc3)Nc3nc(NS(=O)(=O)c4ccc(Cl)cc4)nn32)cc1. The van der Waals surface area contributed by atoms with Gasteiger partial charge in [-0.25, -0.2) is 17.8 Å². The van der Waals surface area contributed by atoms with E-state index in [4.69, 9.17) is 11.6 Å². The summed E-state index contributed by atoms with van der Waals surface area (Å²) in [5, 5.41) is 8.20. The zero-order valence-corrected chi connectivity index (χ0v) is 19.2. The first kappa shape index (κ1) is 21.2. The molecule has 1 aliphatic heterocycles. The highest BCUT2D eigenvalue weighted by atomic mass is 35.5. The lowest BCUT2D eigenvalue weighted by Crippen LogP contribution is -2.20. The molecule has 3 aromatic carbocycles. The van der Waals surface area contributed by atoms with E-state index in [-0.39, 0.29) is 16.9 Å². The van der Waals surface area contributed by atoms with Crippen LogP contribution >= 0.6 is 11.6 Å². The molecular weight excluding hydrogens is 458 g/mol. The summed E-state index contributed by atoms with van der Waals surface area (Å²) in [6.45, 7) is 2.03. The van der Waals surface area contributed by atoms with Gasteiger partial charge < -0.3 is 5.32 Å². The summed E-state index contributed by atoms with van der Waals surface area (Å²) < 4.78 is 29.8. The number of sulfonamides is 1. The molecule has 5 rings (SSSR count). The van der Waals surface area contributed by atoms with Crippen molar-refractivity contribution < 1.29 is 8.42 Å². The molecule has 1 atom stereocenters. The molecule has 0 fully saturated rings. The lowest BCUT2D eigenvalue weighted by Gasteiger charge is -2.24. The van der Waals surface area contributed by atoms with E-state index < -0.39 is 10.0 Å². The van der Waals surface area contributed by atoms with Gasteiger partial charge in [0.25, 0.3) is 16.0 Å². The van der Waals surface area contributed by atoms with Gasteiger partial charge in [0.05, 0.1) is 4.90 Å². The van der Waals surface area contributed by atoms with Gasteiger partial charge in [-0.2, -0.15) is 4.98 Å². The molecule has 1 aromatic heterocycles. The van der Waals surface area contributed by atoms with Crippen molar-refractivity contribution in [3.63, 3.8) is 0 Å². The quantitative estimate of drug-likeness (QED) is 0.417. The second kappa shape index (κ2) is 8.38. The van der Waals surface area contributed by atoms with E-state index in [1.54, 1.807) is 4.68 Å². The van der Waals surface area contributed by atoms with Gasteiger partial charge >= 0.3 is 0 Å². The van der Waals surface area contributed by atoms with E-state index >= 15 is 0 Å². The molecule has 2 heterocycles. The molecule has 0 amide bonds. The summed E-state index contributed by atoms with van der Waals surface area (Å²) in [7, 11) is -3.87. The van der Waals surface area contributed by atoms with E-state index in [9.17, 15) is 8.42 Å². The first-order valence-corrected chi connectivity index (χ1v) is 12.1. The maximum atomic E-state index is 12.8. The van der Waals surface area contributed by atoms with Crippen LogP contribution in [-0.4, -0.2) is 23.2 Å². The monoisotopic (exact) mass is 477 g/mol. The first-order chi connectivity index (χ1) is 15.9. The lowest BCUT2D eigenvalue weighted by atomic mass is 10.0. The minimum Gasteiger partial charge on any atom is -0.324 e. The van der Waals surface area contributed by atoms with Crippen LogP contribution in [0.5, 0.6) is 0 Å². The van der Waals surface area contributed by atoms with Crippen LogP contribution in [0.15, 0.2) is 89.8 Å². The fraction of sp³-hybridized carbons (Fsp3) is 0.0833. The summed E-state index contributed by atoms with van der Waals surface area (Å²) in [5.74, 6) is 0.419. The number of halogens is 1. The van der Waals surface area contributed by atoms with Crippen molar-refractivity contribution >= 4 is 39.2 Å². The molecule has 4 aromatic rings. The highest BCUT2D eigenvalue weighted by Crippen LogP contribution is 2.33. The molecule has 0 saturated heterocycles. The van der Waals surface area contributed by atoms with Crippen LogP contribution in [0.3, 0.4) is 0 Å². The van der Waals surface area contributed by atoms with Gasteiger partial charge in [0.15, 0.2) is 0 Å². The summed E-state index contributed by atoms with van der Waals surface area (Å²) >= 11 is 5.88. The average molecular weight is 478 g/mol. The number of nitrogens with zero attached hydrogens (tertiary/aromatic N) is 3. The zero-order valence-electron chi connectivity index (χ0n) is 17.6. The van der Waals surface area contributed by atoms with Crippen LogP contribution < -0.4 is 10.0 Å². The van der Waals surface area contributed by atoms with E-state index in [2.05, 4.69) is 26.2 Å². The molecule has 0 radical (unpaired) electrons. The first-order valence-electron chi connectivity index (χ1n) is 10.2. The van der Waals surface area contributed by atoms with Crippen molar-refractivity contribution in [1.82, 2.24) is 14.8 Å². The summed E-state index contributed by atoms with van der Waals surface area (Å²) in [6.07, 6.45) is 2.05. The highest BCUT2D eigenvalue weighted by Gasteiger charge is 2.27. The molecule has 0 saturated carbocycles. The second-order valence-corrected chi connectivity index (χ2v) is 9.81. The minimum absolute atomic E-state index is 0.0210. The number of hydrogen-bond donors (Lipinski definition) is 2. The number of allylic oxidation sites excluding steroid dienone is 1. The van der Waals surface area contributed by atoms with Gasteiger partial charge in [-0.05, 0) is 48.4 Å². The van der Waals surface area contributed by atoms with Crippen molar-refractivity contribution in [2.45, 2.75) is 17.9 Å². The van der Waals surface area contributed by atoms with Crippen molar-refractivity contribution in [1.29, 1.82) is 0 Å². The normalized spacial score (nSPS) is 15.3. The van der Waals surface area contributed by atoms with Crippen molar-refractivity contribution in [2.75, 3.05) is 10.0 Å². The Hall–Kier alpha value is -3.62. The van der Waals surface area contributed by atoms with Crippen LogP contribution in [0.1, 0.15) is 22.7 Å². The highest BCUT2D eigenvalue weighted by molar-refractivity contribution is 7.92. The minimum atomic E-state index is -3.87. The number of aromatic nitrogens is 3. The number of nitrogens with one attached hydrogen (secondary N) is 2. The van der Waals surface area contributed by atoms with Crippen molar-refractivity contribution in [3.05, 3.63) is 107 Å². The number of rotatable bonds is 5. The maximum Gasteiger partial charge on any atom is 0.264 e. The average Bonchev–Trinajstić information content (AvgIpc) is 3.21. The summed E-state index contributed by atoms with van der Waals surface area (Å²) in [6, 6.07) is 23.7. The van der Waals surface area contributed by atoms with Crippen LogP contribution in [0.25, 0.3) is 5.70 Å². The Labute approximate surface area is 196 Å². The number of anilines is 2. The fourth-order valence-corrected chi connectivity index (χ4v) is 4.68. The smallest absolute Gasteiger partial charge is 0.264 e. The molecule has 166 valence electrons. The Kier molecular flexibility index (Phi) is 5.39. The molecule has 33 heavy (non-hydrogen) atoms. The van der Waals surface area contributed by atoms with Gasteiger partial charge in [0.2, 0.25) is 5.95 Å². The van der Waals surface area contributed by atoms with Gasteiger partial charge in [-0.15, -0.1) is 5.10 Å². The predicted octanol–water partition coefficient (Wildman–Crippen LogP) is 5.10. The molecule has 0 aliphatic carbocycles. The predicted molar refractivity (Wildman–Crippen MR) is 130 cm³/mol. The Morgan fingerprint density at radius 1 is 0.970 bits per heavy atom. The van der Waals surface area contributed by atoms with Crippen molar-refractivity contribution in [3.8, 4) is 0 Å². The van der Waals surface area contributed by atoms with Gasteiger partial charge in [-0.1, -0.05) is 71.8 Å². The van der Waals surface area contributed by atoms with Crippen LogP contribution in [0, 0.1) is 6.92 Å². The number of aryl methyl sites for hydroxylation is 1. The number of fused-ring (bicyclic) bond motifs is 1. The lowest BCUT2D eigenvalue weighted by molar-refractivity contribution is 0.598.